The van der Waals surface area contributed by atoms with Crippen molar-refractivity contribution in [3.8, 4) is 0 Å². The van der Waals surface area contributed by atoms with E-state index in [-0.39, 0.29) is 24.2 Å². The maximum atomic E-state index is 12.6. The molecular weight excluding hydrogens is 324 g/mol. The summed E-state index contributed by atoms with van der Waals surface area (Å²) < 4.78 is 10.7. The summed E-state index contributed by atoms with van der Waals surface area (Å²) in [7, 11) is 1.52. The standard InChI is InChI=1S/C18H32N2O5/c1-16(2,3)24-13(21)11-12-9-8-10-18(12,14(22)19-7)20-15(23)25-17(4,5)6/h12H,8-11H2,1-7H3,(H,19,22)(H,20,23)/t12-,18-/m0/s1. The molecule has 0 saturated heterocycles. The van der Waals surface area contributed by atoms with Crippen molar-refractivity contribution >= 4 is 18.0 Å². The molecule has 7 nitrogen and oxygen atoms in total. The van der Waals surface area contributed by atoms with Crippen LogP contribution in [0.4, 0.5) is 4.79 Å². The molecule has 2 amide bonds. The van der Waals surface area contributed by atoms with Crippen LogP contribution in [0.15, 0.2) is 0 Å². The predicted octanol–water partition coefficient (Wildman–Crippen LogP) is 2.53. The molecule has 144 valence electrons. The van der Waals surface area contributed by atoms with Crippen LogP contribution in [-0.4, -0.2) is 41.8 Å². The van der Waals surface area contributed by atoms with E-state index >= 15 is 0 Å². The van der Waals surface area contributed by atoms with Crippen molar-refractivity contribution in [2.75, 3.05) is 7.05 Å². The fourth-order valence-electron chi connectivity index (χ4n) is 3.17. The summed E-state index contributed by atoms with van der Waals surface area (Å²) in [4.78, 5) is 37.1. The molecule has 2 N–H and O–H groups in total. The van der Waals surface area contributed by atoms with Crippen LogP contribution in [0.5, 0.6) is 0 Å². The average Bonchev–Trinajstić information content (AvgIpc) is 2.77. The number of ether oxygens (including phenoxy) is 2. The Balaban J connectivity index is 2.96. The van der Waals surface area contributed by atoms with E-state index in [1.54, 1.807) is 41.5 Å². The highest BCUT2D eigenvalue weighted by molar-refractivity contribution is 5.91. The molecule has 0 radical (unpaired) electrons. The SMILES string of the molecule is CNC(=O)[C@]1(NC(=O)OC(C)(C)C)CCC[C@H]1CC(=O)OC(C)(C)C. The number of amides is 2. The monoisotopic (exact) mass is 356 g/mol. The van der Waals surface area contributed by atoms with Crippen LogP contribution in [0.25, 0.3) is 0 Å². The van der Waals surface area contributed by atoms with Crippen molar-refractivity contribution in [2.24, 2.45) is 5.92 Å². The molecular formula is C18H32N2O5. The molecule has 0 aromatic carbocycles. The van der Waals surface area contributed by atoms with E-state index in [0.717, 1.165) is 6.42 Å². The molecule has 0 spiro atoms. The molecule has 0 aromatic rings. The molecule has 1 saturated carbocycles. The summed E-state index contributed by atoms with van der Waals surface area (Å²) in [5.74, 6) is -1.03. The van der Waals surface area contributed by atoms with E-state index in [9.17, 15) is 14.4 Å². The lowest BCUT2D eigenvalue weighted by Crippen LogP contribution is -2.61. The molecule has 1 rings (SSSR count). The van der Waals surface area contributed by atoms with Crippen molar-refractivity contribution in [1.82, 2.24) is 10.6 Å². The zero-order valence-corrected chi connectivity index (χ0v) is 16.4. The Hall–Kier alpha value is -1.79. The molecule has 0 unspecified atom stereocenters. The second-order valence-electron chi connectivity index (χ2n) is 8.56. The number of nitrogens with one attached hydrogen (secondary N) is 2. The van der Waals surface area contributed by atoms with Gasteiger partial charge in [0.1, 0.15) is 16.7 Å². The van der Waals surface area contributed by atoms with Gasteiger partial charge in [0.25, 0.3) is 0 Å². The Morgan fingerprint density at radius 2 is 1.60 bits per heavy atom. The van der Waals surface area contributed by atoms with Crippen LogP contribution in [0.3, 0.4) is 0 Å². The van der Waals surface area contributed by atoms with E-state index in [2.05, 4.69) is 10.6 Å². The molecule has 25 heavy (non-hydrogen) atoms. The molecule has 0 aliphatic heterocycles. The first-order valence-electron chi connectivity index (χ1n) is 8.74. The van der Waals surface area contributed by atoms with Crippen LogP contribution >= 0.6 is 0 Å². The molecule has 0 heterocycles. The Morgan fingerprint density at radius 3 is 2.08 bits per heavy atom. The largest absolute Gasteiger partial charge is 0.460 e. The van der Waals surface area contributed by atoms with Gasteiger partial charge in [-0.2, -0.15) is 0 Å². The molecule has 0 bridgehead atoms. The number of carbonyl (C=O) groups is 3. The molecule has 1 fully saturated rings. The zero-order valence-electron chi connectivity index (χ0n) is 16.4. The molecule has 7 heteroatoms. The van der Waals surface area contributed by atoms with Crippen LogP contribution in [0.1, 0.15) is 67.2 Å². The van der Waals surface area contributed by atoms with Gasteiger partial charge >= 0.3 is 12.1 Å². The lowest BCUT2D eigenvalue weighted by molar-refractivity contribution is -0.156. The first kappa shape index (κ1) is 21.3. The smallest absolute Gasteiger partial charge is 0.408 e. The van der Waals surface area contributed by atoms with Gasteiger partial charge in [-0.3, -0.25) is 9.59 Å². The Kier molecular flexibility index (Phi) is 6.48. The van der Waals surface area contributed by atoms with Crippen molar-refractivity contribution in [1.29, 1.82) is 0 Å². The topological polar surface area (TPSA) is 93.7 Å². The lowest BCUT2D eigenvalue weighted by Gasteiger charge is -2.35. The fourth-order valence-corrected chi connectivity index (χ4v) is 3.17. The van der Waals surface area contributed by atoms with Gasteiger partial charge in [-0.1, -0.05) is 6.42 Å². The molecule has 1 aliphatic carbocycles. The average molecular weight is 356 g/mol. The van der Waals surface area contributed by atoms with Crippen molar-refractivity contribution in [3.05, 3.63) is 0 Å². The number of carbonyl (C=O) groups excluding carboxylic acids is 3. The van der Waals surface area contributed by atoms with Gasteiger partial charge in [-0.15, -0.1) is 0 Å². The second kappa shape index (κ2) is 7.62. The summed E-state index contributed by atoms with van der Waals surface area (Å²) in [5.41, 5.74) is -2.43. The van der Waals surface area contributed by atoms with Crippen molar-refractivity contribution in [2.45, 2.75) is 84.0 Å². The van der Waals surface area contributed by atoms with Gasteiger partial charge in [0, 0.05) is 13.0 Å². The minimum Gasteiger partial charge on any atom is -0.460 e. The van der Waals surface area contributed by atoms with Gasteiger partial charge in [0.05, 0.1) is 6.42 Å². The highest BCUT2D eigenvalue weighted by atomic mass is 16.6. The van der Waals surface area contributed by atoms with Crippen LogP contribution in [-0.2, 0) is 19.1 Å². The Bertz CT molecular complexity index is 519. The minimum absolute atomic E-state index is 0.0699. The second-order valence-corrected chi connectivity index (χ2v) is 8.56. The number of likely N-dealkylation sites (N-methyl/N-ethyl adjacent to an activating group) is 1. The molecule has 0 aromatic heterocycles. The van der Waals surface area contributed by atoms with Gasteiger partial charge < -0.3 is 20.1 Å². The third-order valence-corrected chi connectivity index (χ3v) is 4.01. The number of hydrogen-bond acceptors (Lipinski definition) is 5. The van der Waals surface area contributed by atoms with Crippen molar-refractivity contribution in [3.63, 3.8) is 0 Å². The van der Waals surface area contributed by atoms with E-state index in [4.69, 9.17) is 9.47 Å². The number of rotatable bonds is 4. The predicted molar refractivity (Wildman–Crippen MR) is 94.0 cm³/mol. The van der Waals surface area contributed by atoms with E-state index in [1.807, 2.05) is 0 Å². The number of hydrogen-bond donors (Lipinski definition) is 2. The summed E-state index contributed by atoms with van der Waals surface area (Å²) in [6.07, 6.45) is 1.26. The normalized spacial score (nSPS) is 23.7. The lowest BCUT2D eigenvalue weighted by atomic mass is 9.83. The highest BCUT2D eigenvalue weighted by Gasteiger charge is 2.51. The van der Waals surface area contributed by atoms with Crippen molar-refractivity contribution < 1.29 is 23.9 Å². The summed E-state index contributed by atoms with van der Waals surface area (Å²) >= 11 is 0. The maximum absolute atomic E-state index is 12.6. The first-order chi connectivity index (χ1) is 11.3. The Morgan fingerprint density at radius 1 is 1.04 bits per heavy atom. The van der Waals surface area contributed by atoms with Crippen LogP contribution < -0.4 is 10.6 Å². The summed E-state index contributed by atoms with van der Waals surface area (Å²) in [6, 6.07) is 0. The van der Waals surface area contributed by atoms with Gasteiger partial charge in [-0.25, -0.2) is 4.79 Å². The van der Waals surface area contributed by atoms with E-state index in [1.165, 1.54) is 7.05 Å². The van der Waals surface area contributed by atoms with Gasteiger partial charge in [-0.05, 0) is 54.4 Å². The highest BCUT2D eigenvalue weighted by Crippen LogP contribution is 2.39. The summed E-state index contributed by atoms with van der Waals surface area (Å²) in [5, 5.41) is 5.34. The Labute approximate surface area is 150 Å². The van der Waals surface area contributed by atoms with Crippen LogP contribution in [0.2, 0.25) is 0 Å². The third kappa shape index (κ3) is 6.21. The zero-order chi connectivity index (χ0) is 19.5. The summed E-state index contributed by atoms with van der Waals surface area (Å²) in [6.45, 7) is 10.7. The van der Waals surface area contributed by atoms with Crippen LogP contribution in [0, 0.1) is 5.92 Å². The minimum atomic E-state index is -1.16. The van der Waals surface area contributed by atoms with E-state index < -0.39 is 22.8 Å². The molecule has 2 atom stereocenters. The third-order valence-electron chi connectivity index (χ3n) is 4.01. The maximum Gasteiger partial charge on any atom is 0.408 e. The first-order valence-corrected chi connectivity index (χ1v) is 8.74. The number of esters is 1. The number of alkyl carbamates (subject to hydrolysis) is 1. The fraction of sp³-hybridized carbons (Fsp3) is 0.833. The van der Waals surface area contributed by atoms with Gasteiger partial charge in [0.15, 0.2) is 0 Å². The quantitative estimate of drug-likeness (QED) is 0.755. The van der Waals surface area contributed by atoms with Gasteiger partial charge in [0.2, 0.25) is 5.91 Å². The van der Waals surface area contributed by atoms with E-state index in [0.29, 0.717) is 12.8 Å². The molecule has 1 aliphatic rings.